The molecule has 0 saturated carbocycles. The van der Waals surface area contributed by atoms with E-state index in [4.69, 9.17) is 9.47 Å². The van der Waals surface area contributed by atoms with Gasteiger partial charge in [0.15, 0.2) is 0 Å². The summed E-state index contributed by atoms with van der Waals surface area (Å²) in [5.41, 5.74) is 0.877. The highest BCUT2D eigenvalue weighted by atomic mass is 32.1. The number of hydrogen-bond donors (Lipinski definition) is 0. The van der Waals surface area contributed by atoms with Crippen molar-refractivity contribution in [3.8, 4) is 10.9 Å². The molecule has 0 bridgehead atoms. The van der Waals surface area contributed by atoms with Gasteiger partial charge in [-0.2, -0.15) is 0 Å². The molecule has 0 radical (unpaired) electrons. The molecule has 3 heterocycles. The lowest BCUT2D eigenvalue weighted by atomic mass is 10.1. The number of non-ortho nitro benzene ring substituents is 1. The minimum Gasteiger partial charge on any atom is -0.497 e. The number of ether oxygens (including phenoxy) is 2. The van der Waals surface area contributed by atoms with Gasteiger partial charge in [-0.1, -0.05) is 11.3 Å². The number of thiazole rings is 1. The van der Waals surface area contributed by atoms with Gasteiger partial charge in [-0.15, -0.1) is 11.3 Å². The first kappa shape index (κ1) is 20.7. The van der Waals surface area contributed by atoms with Crippen molar-refractivity contribution in [2.24, 2.45) is 0 Å². The second-order valence-electron chi connectivity index (χ2n) is 7.51. The molecule has 0 unspecified atom stereocenters. The van der Waals surface area contributed by atoms with Crippen molar-refractivity contribution >= 4 is 54.6 Å². The molecule has 1 saturated heterocycles. The molecule has 8 nitrogen and oxygen atoms in total. The minimum atomic E-state index is -0.425. The summed E-state index contributed by atoms with van der Waals surface area (Å²) in [6.07, 6.45) is 1.45. The molecule has 1 aliphatic rings. The Balaban J connectivity index is 1.23. The number of fused-ring (bicyclic) bond motifs is 2. The largest absolute Gasteiger partial charge is 0.497 e. The van der Waals surface area contributed by atoms with Crippen LogP contribution in [-0.2, 0) is 0 Å². The Hall–Kier alpha value is -3.24. The standard InChI is InChI=1S/C22H19N3O5S2/c1-29-16-3-5-19-17(12-16)23-22(32-19)30-15-6-8-24(9-7-15)21(26)20-11-13-10-14(25(27)28)2-4-18(13)31-20/h2-5,10-12,15H,6-9H2,1H3. The zero-order valence-corrected chi connectivity index (χ0v) is 18.8. The van der Waals surface area contributed by atoms with E-state index >= 15 is 0 Å². The van der Waals surface area contributed by atoms with Crippen molar-refractivity contribution in [2.75, 3.05) is 20.2 Å². The Kier molecular flexibility index (Phi) is 5.40. The molecular formula is C22H19N3O5S2. The van der Waals surface area contributed by atoms with E-state index in [2.05, 4.69) is 4.98 Å². The highest BCUT2D eigenvalue weighted by Gasteiger charge is 2.26. The van der Waals surface area contributed by atoms with Crippen molar-refractivity contribution < 1.29 is 19.2 Å². The van der Waals surface area contributed by atoms with Gasteiger partial charge in [0.2, 0.25) is 0 Å². The third kappa shape index (κ3) is 3.98. The van der Waals surface area contributed by atoms with Gasteiger partial charge in [0.25, 0.3) is 16.8 Å². The number of amides is 1. The summed E-state index contributed by atoms with van der Waals surface area (Å²) in [7, 11) is 1.63. The van der Waals surface area contributed by atoms with Crippen LogP contribution in [0.25, 0.3) is 20.3 Å². The van der Waals surface area contributed by atoms with Crippen molar-refractivity contribution in [2.45, 2.75) is 18.9 Å². The summed E-state index contributed by atoms with van der Waals surface area (Å²) in [4.78, 5) is 30.5. The number of benzene rings is 2. The van der Waals surface area contributed by atoms with Crippen LogP contribution in [0.2, 0.25) is 0 Å². The van der Waals surface area contributed by atoms with Gasteiger partial charge >= 0.3 is 0 Å². The molecule has 0 spiro atoms. The number of rotatable bonds is 5. The Morgan fingerprint density at radius 2 is 1.91 bits per heavy atom. The Morgan fingerprint density at radius 3 is 2.66 bits per heavy atom. The first-order chi connectivity index (χ1) is 15.5. The molecule has 164 valence electrons. The Bertz CT molecular complexity index is 1320. The summed E-state index contributed by atoms with van der Waals surface area (Å²) >= 11 is 2.87. The molecule has 1 fully saturated rings. The molecular weight excluding hydrogens is 450 g/mol. The highest BCUT2D eigenvalue weighted by molar-refractivity contribution is 7.21. The fourth-order valence-corrected chi connectivity index (χ4v) is 5.66. The first-order valence-corrected chi connectivity index (χ1v) is 11.7. The van der Waals surface area contributed by atoms with Crippen LogP contribution in [0.15, 0.2) is 42.5 Å². The van der Waals surface area contributed by atoms with E-state index in [1.54, 1.807) is 19.2 Å². The number of methoxy groups -OCH3 is 1. The van der Waals surface area contributed by atoms with Crippen LogP contribution in [0.1, 0.15) is 22.5 Å². The number of carbonyl (C=O) groups is 1. The van der Waals surface area contributed by atoms with Crippen LogP contribution in [0, 0.1) is 10.1 Å². The fraction of sp³-hybridized carbons (Fsp3) is 0.273. The number of aromatic nitrogens is 1. The normalized spacial score (nSPS) is 14.7. The van der Waals surface area contributed by atoms with Gasteiger partial charge in [-0.25, -0.2) is 4.98 Å². The van der Waals surface area contributed by atoms with Gasteiger partial charge < -0.3 is 14.4 Å². The predicted molar refractivity (Wildman–Crippen MR) is 124 cm³/mol. The number of piperidine rings is 1. The maximum atomic E-state index is 13.0. The van der Waals surface area contributed by atoms with Gasteiger partial charge in [-0.05, 0) is 24.3 Å². The topological polar surface area (TPSA) is 94.8 Å². The molecule has 2 aromatic heterocycles. The summed E-state index contributed by atoms with van der Waals surface area (Å²) in [6, 6.07) is 12.2. The van der Waals surface area contributed by atoms with Crippen molar-refractivity contribution in [1.82, 2.24) is 9.88 Å². The summed E-state index contributed by atoms with van der Waals surface area (Å²) < 4.78 is 13.2. The molecule has 10 heteroatoms. The zero-order chi connectivity index (χ0) is 22.2. The monoisotopic (exact) mass is 469 g/mol. The van der Waals surface area contributed by atoms with Gasteiger partial charge in [0.1, 0.15) is 11.9 Å². The number of likely N-dealkylation sites (tertiary alicyclic amines) is 1. The van der Waals surface area contributed by atoms with E-state index in [-0.39, 0.29) is 17.7 Å². The highest BCUT2D eigenvalue weighted by Crippen LogP contribution is 2.33. The fourth-order valence-electron chi connectivity index (χ4n) is 3.79. The molecule has 1 aliphatic heterocycles. The lowest BCUT2D eigenvalue weighted by Crippen LogP contribution is -2.41. The van der Waals surface area contributed by atoms with Gasteiger partial charge in [-0.3, -0.25) is 14.9 Å². The summed E-state index contributed by atoms with van der Waals surface area (Å²) in [6.45, 7) is 1.19. The van der Waals surface area contributed by atoms with E-state index in [1.165, 1.54) is 34.8 Å². The van der Waals surface area contributed by atoms with E-state index in [0.29, 0.717) is 23.2 Å². The predicted octanol–water partition coefficient (Wildman–Crippen LogP) is 5.11. The second-order valence-corrected chi connectivity index (χ2v) is 9.59. The van der Waals surface area contributed by atoms with Crippen LogP contribution in [-0.4, -0.2) is 47.0 Å². The summed E-state index contributed by atoms with van der Waals surface area (Å²) in [5, 5.41) is 12.3. The van der Waals surface area contributed by atoms with Crippen LogP contribution >= 0.6 is 22.7 Å². The molecule has 2 aromatic carbocycles. The number of nitro benzene ring substituents is 1. The number of hydrogen-bond acceptors (Lipinski definition) is 8. The van der Waals surface area contributed by atoms with Crippen LogP contribution < -0.4 is 9.47 Å². The Morgan fingerprint density at radius 1 is 1.12 bits per heavy atom. The lowest BCUT2D eigenvalue weighted by molar-refractivity contribution is -0.384. The Labute approximate surface area is 191 Å². The minimum absolute atomic E-state index is 0.00608. The smallest absolute Gasteiger partial charge is 0.274 e. The van der Waals surface area contributed by atoms with E-state index in [9.17, 15) is 14.9 Å². The van der Waals surface area contributed by atoms with Crippen LogP contribution in [0.4, 0.5) is 5.69 Å². The molecule has 32 heavy (non-hydrogen) atoms. The van der Waals surface area contributed by atoms with E-state index in [1.807, 2.05) is 23.1 Å². The molecule has 0 aliphatic carbocycles. The van der Waals surface area contributed by atoms with Crippen molar-refractivity contribution in [3.05, 3.63) is 57.5 Å². The quantitative estimate of drug-likeness (QED) is 0.298. The van der Waals surface area contributed by atoms with Gasteiger partial charge in [0.05, 0.1) is 27.1 Å². The molecule has 1 amide bonds. The third-order valence-electron chi connectivity index (χ3n) is 5.49. The molecule has 4 aromatic rings. The molecule has 0 atom stereocenters. The summed E-state index contributed by atoms with van der Waals surface area (Å²) in [5.74, 6) is 0.719. The second kappa shape index (κ2) is 8.36. The van der Waals surface area contributed by atoms with Crippen molar-refractivity contribution in [1.29, 1.82) is 0 Å². The van der Waals surface area contributed by atoms with Gasteiger partial charge in [0, 0.05) is 54.2 Å². The van der Waals surface area contributed by atoms with Crippen molar-refractivity contribution in [3.63, 3.8) is 0 Å². The average molecular weight is 470 g/mol. The third-order valence-corrected chi connectivity index (χ3v) is 7.52. The first-order valence-electron chi connectivity index (χ1n) is 10.1. The van der Waals surface area contributed by atoms with E-state index in [0.717, 1.165) is 38.9 Å². The van der Waals surface area contributed by atoms with Crippen LogP contribution in [0.3, 0.4) is 0 Å². The lowest BCUT2D eigenvalue weighted by Gasteiger charge is -2.31. The number of nitrogens with zero attached hydrogens (tertiary/aromatic N) is 3. The maximum absolute atomic E-state index is 13.0. The maximum Gasteiger partial charge on any atom is 0.274 e. The number of thiophene rings is 1. The van der Waals surface area contributed by atoms with Crippen LogP contribution in [0.5, 0.6) is 10.9 Å². The average Bonchev–Trinajstić information content (AvgIpc) is 3.41. The molecule has 0 N–H and O–H groups in total. The number of carbonyl (C=O) groups excluding carboxylic acids is 1. The number of nitro groups is 1. The SMILES string of the molecule is COc1ccc2sc(OC3CCN(C(=O)c4cc5cc([N+](=O)[O-])ccc5s4)CC3)nc2c1. The molecule has 5 rings (SSSR count). The van der Waals surface area contributed by atoms with E-state index < -0.39 is 4.92 Å². The zero-order valence-electron chi connectivity index (χ0n) is 17.1.